The summed E-state index contributed by atoms with van der Waals surface area (Å²) in [5, 5.41) is 9.02. The Kier molecular flexibility index (Phi) is 5.64. The molecule has 2 aliphatic rings. The summed E-state index contributed by atoms with van der Waals surface area (Å²) in [6, 6.07) is 11.3. The molecular formula is C22H27N5O2. The van der Waals surface area contributed by atoms with E-state index in [4.69, 9.17) is 4.98 Å². The molecule has 1 saturated carbocycles. The van der Waals surface area contributed by atoms with Crippen molar-refractivity contribution < 1.29 is 9.59 Å². The fourth-order valence-electron chi connectivity index (χ4n) is 3.57. The van der Waals surface area contributed by atoms with E-state index in [2.05, 4.69) is 16.0 Å². The fourth-order valence-corrected chi connectivity index (χ4v) is 3.57. The predicted octanol–water partition coefficient (Wildman–Crippen LogP) is 2.90. The smallest absolute Gasteiger partial charge is 0.321 e. The molecule has 0 spiro atoms. The van der Waals surface area contributed by atoms with E-state index in [1.165, 1.54) is 12.8 Å². The van der Waals surface area contributed by atoms with Crippen molar-refractivity contribution in [3.8, 4) is 0 Å². The number of hydrogen-bond acceptors (Lipinski definition) is 4. The third-order valence-electron chi connectivity index (χ3n) is 5.50. The van der Waals surface area contributed by atoms with E-state index in [1.54, 1.807) is 7.05 Å². The van der Waals surface area contributed by atoms with Crippen LogP contribution in [-0.2, 0) is 12.8 Å². The van der Waals surface area contributed by atoms with Gasteiger partial charge in [-0.2, -0.15) is 0 Å². The number of nitrogens with zero attached hydrogens (tertiary/aromatic N) is 2. The third kappa shape index (κ3) is 4.67. The number of amides is 3. The maximum Gasteiger partial charge on any atom is 0.321 e. The molecule has 2 heterocycles. The van der Waals surface area contributed by atoms with Crippen LogP contribution in [0.4, 0.5) is 16.3 Å². The van der Waals surface area contributed by atoms with E-state index in [9.17, 15) is 9.59 Å². The summed E-state index contributed by atoms with van der Waals surface area (Å²) in [4.78, 5) is 31.6. The number of urea groups is 1. The molecule has 0 atom stereocenters. The molecule has 1 aromatic heterocycles. The van der Waals surface area contributed by atoms with Gasteiger partial charge in [-0.1, -0.05) is 18.2 Å². The molecule has 0 radical (unpaired) electrons. The van der Waals surface area contributed by atoms with Gasteiger partial charge in [-0.05, 0) is 48.9 Å². The first-order valence-electron chi connectivity index (χ1n) is 10.2. The number of nitrogens with one attached hydrogen (secondary N) is 3. The van der Waals surface area contributed by atoms with Crippen LogP contribution < -0.4 is 16.0 Å². The van der Waals surface area contributed by atoms with Gasteiger partial charge in [0.15, 0.2) is 0 Å². The summed E-state index contributed by atoms with van der Waals surface area (Å²) in [7, 11) is 1.63. The Hall–Kier alpha value is -3.09. The van der Waals surface area contributed by atoms with Crippen LogP contribution in [-0.4, -0.2) is 48.5 Å². The maximum absolute atomic E-state index is 12.7. The first kappa shape index (κ1) is 19.2. The van der Waals surface area contributed by atoms with Gasteiger partial charge >= 0.3 is 6.03 Å². The first-order valence-corrected chi connectivity index (χ1v) is 10.2. The normalized spacial score (nSPS) is 15.8. The molecule has 1 fully saturated rings. The third-order valence-corrected chi connectivity index (χ3v) is 5.50. The number of carbonyl (C=O) groups is 2. The van der Waals surface area contributed by atoms with E-state index in [0.717, 1.165) is 23.5 Å². The molecule has 1 aromatic carbocycles. The Morgan fingerprint density at radius 1 is 1.14 bits per heavy atom. The highest BCUT2D eigenvalue weighted by Crippen LogP contribution is 2.30. The highest BCUT2D eigenvalue weighted by Gasteiger charge is 2.25. The second-order valence-corrected chi connectivity index (χ2v) is 7.68. The van der Waals surface area contributed by atoms with Gasteiger partial charge in [-0.25, -0.2) is 9.78 Å². The predicted molar refractivity (Wildman–Crippen MR) is 113 cm³/mol. The van der Waals surface area contributed by atoms with Crippen LogP contribution in [0.25, 0.3) is 0 Å². The van der Waals surface area contributed by atoms with Crippen molar-refractivity contribution in [3.63, 3.8) is 0 Å². The van der Waals surface area contributed by atoms with Crippen LogP contribution in [0.5, 0.6) is 0 Å². The Balaban J connectivity index is 1.49. The Bertz CT molecular complexity index is 896. The summed E-state index contributed by atoms with van der Waals surface area (Å²) in [6.45, 7) is 2.04. The number of pyridine rings is 1. The minimum absolute atomic E-state index is 0.109. The summed E-state index contributed by atoms with van der Waals surface area (Å²) < 4.78 is 0. The van der Waals surface area contributed by atoms with Gasteiger partial charge in [-0.15, -0.1) is 0 Å². The van der Waals surface area contributed by atoms with E-state index in [1.807, 2.05) is 41.3 Å². The molecule has 4 rings (SSSR count). The largest absolute Gasteiger partial charge is 0.369 e. The number of anilines is 2. The molecular weight excluding hydrogens is 366 g/mol. The molecule has 0 saturated heterocycles. The zero-order valence-electron chi connectivity index (χ0n) is 16.7. The van der Waals surface area contributed by atoms with Gasteiger partial charge in [0, 0.05) is 44.5 Å². The van der Waals surface area contributed by atoms with Crippen molar-refractivity contribution in [2.45, 2.75) is 25.7 Å². The van der Waals surface area contributed by atoms with E-state index >= 15 is 0 Å². The molecule has 3 amide bonds. The lowest BCUT2D eigenvalue weighted by Gasteiger charge is -2.20. The second kappa shape index (κ2) is 8.51. The highest BCUT2D eigenvalue weighted by atomic mass is 16.2. The van der Waals surface area contributed by atoms with Crippen molar-refractivity contribution in [2.24, 2.45) is 5.92 Å². The Labute approximate surface area is 170 Å². The Morgan fingerprint density at radius 3 is 2.62 bits per heavy atom. The summed E-state index contributed by atoms with van der Waals surface area (Å²) in [5.74, 6) is 1.20. The fraction of sp³-hybridized carbons (Fsp3) is 0.409. The standard InChI is InChI=1S/C22H27N5O2/c1-23-21(28)18-13-16-9-11-27(22(29)25-17-5-3-2-4-6-17)12-10-19(16)26-20(18)24-14-15-7-8-15/h2-6,13,15H,7-12,14H2,1H3,(H,23,28)(H,24,26)(H,25,29). The quantitative estimate of drug-likeness (QED) is 0.729. The monoisotopic (exact) mass is 393 g/mol. The van der Waals surface area contributed by atoms with Crippen LogP contribution in [0.3, 0.4) is 0 Å². The minimum Gasteiger partial charge on any atom is -0.369 e. The van der Waals surface area contributed by atoms with Gasteiger partial charge in [-0.3, -0.25) is 4.79 Å². The lowest BCUT2D eigenvalue weighted by molar-refractivity contribution is 0.0963. The van der Waals surface area contributed by atoms with Crippen LogP contribution >= 0.6 is 0 Å². The molecule has 7 nitrogen and oxygen atoms in total. The zero-order chi connectivity index (χ0) is 20.2. The van der Waals surface area contributed by atoms with E-state index in [-0.39, 0.29) is 11.9 Å². The average Bonchev–Trinajstić information content (AvgIpc) is 3.58. The van der Waals surface area contributed by atoms with Gasteiger partial charge < -0.3 is 20.9 Å². The molecule has 2 aromatic rings. The number of rotatable bonds is 5. The molecule has 3 N–H and O–H groups in total. The van der Waals surface area contributed by atoms with Crippen LogP contribution in [0.15, 0.2) is 36.4 Å². The average molecular weight is 393 g/mol. The van der Waals surface area contributed by atoms with Gasteiger partial charge in [0.1, 0.15) is 5.82 Å². The number of benzene rings is 1. The first-order chi connectivity index (χ1) is 14.1. The molecule has 152 valence electrons. The number of hydrogen-bond donors (Lipinski definition) is 3. The highest BCUT2D eigenvalue weighted by molar-refractivity contribution is 5.99. The van der Waals surface area contributed by atoms with E-state index < -0.39 is 0 Å². The molecule has 1 aliphatic heterocycles. The van der Waals surface area contributed by atoms with Gasteiger partial charge in [0.05, 0.1) is 5.56 Å². The number of para-hydroxylation sites is 1. The van der Waals surface area contributed by atoms with Crippen molar-refractivity contribution in [3.05, 3.63) is 53.2 Å². The SMILES string of the molecule is CNC(=O)c1cc2c(nc1NCC1CC1)CCN(C(=O)Nc1ccccc1)CC2. The van der Waals surface area contributed by atoms with Crippen LogP contribution in [0.1, 0.15) is 34.5 Å². The summed E-state index contributed by atoms with van der Waals surface area (Å²) in [6.07, 6.45) is 3.82. The van der Waals surface area contributed by atoms with E-state index in [0.29, 0.717) is 43.2 Å². The maximum atomic E-state index is 12.7. The molecule has 0 bridgehead atoms. The van der Waals surface area contributed by atoms with Gasteiger partial charge in [0.2, 0.25) is 0 Å². The van der Waals surface area contributed by atoms with Gasteiger partial charge in [0.25, 0.3) is 5.91 Å². The lowest BCUT2D eigenvalue weighted by atomic mass is 10.1. The molecule has 0 unspecified atom stereocenters. The molecule has 29 heavy (non-hydrogen) atoms. The lowest BCUT2D eigenvalue weighted by Crippen LogP contribution is -2.36. The summed E-state index contributed by atoms with van der Waals surface area (Å²) in [5.41, 5.74) is 3.36. The van der Waals surface area contributed by atoms with Crippen LogP contribution in [0, 0.1) is 5.92 Å². The topological polar surface area (TPSA) is 86.4 Å². The van der Waals surface area contributed by atoms with Crippen molar-refractivity contribution in [1.82, 2.24) is 15.2 Å². The van der Waals surface area contributed by atoms with Crippen molar-refractivity contribution in [2.75, 3.05) is 37.3 Å². The minimum atomic E-state index is -0.137. The summed E-state index contributed by atoms with van der Waals surface area (Å²) >= 11 is 0. The van der Waals surface area contributed by atoms with Crippen molar-refractivity contribution >= 4 is 23.4 Å². The van der Waals surface area contributed by atoms with Crippen molar-refractivity contribution in [1.29, 1.82) is 0 Å². The second-order valence-electron chi connectivity index (χ2n) is 7.68. The molecule has 7 heteroatoms. The molecule has 1 aliphatic carbocycles. The number of fused-ring (bicyclic) bond motifs is 1. The van der Waals surface area contributed by atoms with Crippen LogP contribution in [0.2, 0.25) is 0 Å². The zero-order valence-corrected chi connectivity index (χ0v) is 16.7. The Morgan fingerprint density at radius 2 is 1.90 bits per heavy atom. The number of aromatic nitrogens is 1. The number of carbonyl (C=O) groups excluding carboxylic acids is 2.